The van der Waals surface area contributed by atoms with E-state index in [9.17, 15) is 9.59 Å². The summed E-state index contributed by atoms with van der Waals surface area (Å²) in [6.07, 6.45) is 4.69. The van der Waals surface area contributed by atoms with Gasteiger partial charge in [-0.3, -0.25) is 9.59 Å². The van der Waals surface area contributed by atoms with Crippen molar-refractivity contribution in [2.24, 2.45) is 13.0 Å². The lowest BCUT2D eigenvalue weighted by Crippen LogP contribution is -2.47. The number of aromatic nitrogens is 1. The summed E-state index contributed by atoms with van der Waals surface area (Å²) in [5.41, 5.74) is 2.36. The minimum atomic E-state index is -0.118. The molecule has 186 valence electrons. The summed E-state index contributed by atoms with van der Waals surface area (Å²) in [5.74, 6) is 0.818. The molecule has 0 fully saturated rings. The Hall–Kier alpha value is -3.28. The number of carbonyl (C=O) groups is 2. The van der Waals surface area contributed by atoms with Gasteiger partial charge in [0.2, 0.25) is 0 Å². The number of para-hydroxylation sites is 2. The molecular formula is C29H37N3O3. The Morgan fingerprint density at radius 1 is 1.03 bits per heavy atom. The minimum Gasteiger partial charge on any atom is -0.491 e. The van der Waals surface area contributed by atoms with Gasteiger partial charge in [0.05, 0.1) is 17.2 Å². The molecule has 2 amide bonds. The van der Waals surface area contributed by atoms with Crippen molar-refractivity contribution < 1.29 is 14.3 Å². The van der Waals surface area contributed by atoms with Crippen LogP contribution in [0.3, 0.4) is 0 Å². The number of carbonyl (C=O) groups excluding carboxylic acids is 2. The molecule has 4 rings (SSSR count). The molecule has 0 radical (unpaired) electrons. The van der Waals surface area contributed by atoms with E-state index in [0.717, 1.165) is 35.7 Å². The van der Waals surface area contributed by atoms with E-state index in [2.05, 4.69) is 13.8 Å². The fourth-order valence-corrected chi connectivity index (χ4v) is 5.01. The van der Waals surface area contributed by atoms with Crippen LogP contribution >= 0.6 is 0 Å². The molecule has 0 bridgehead atoms. The lowest BCUT2D eigenvalue weighted by atomic mass is 10.0. The predicted molar refractivity (Wildman–Crippen MR) is 140 cm³/mol. The first kappa shape index (κ1) is 24.8. The van der Waals surface area contributed by atoms with Crippen LogP contribution in [0.4, 0.5) is 0 Å². The van der Waals surface area contributed by atoms with Gasteiger partial charge in [-0.15, -0.1) is 0 Å². The number of ether oxygens (including phenoxy) is 1. The van der Waals surface area contributed by atoms with Gasteiger partial charge in [0, 0.05) is 43.8 Å². The highest BCUT2D eigenvalue weighted by Gasteiger charge is 2.30. The summed E-state index contributed by atoms with van der Waals surface area (Å²) < 4.78 is 8.32. The average molecular weight is 476 g/mol. The maximum atomic E-state index is 14.0. The first-order valence-corrected chi connectivity index (χ1v) is 12.8. The molecule has 2 aromatic carbocycles. The zero-order valence-corrected chi connectivity index (χ0v) is 21.4. The summed E-state index contributed by atoms with van der Waals surface area (Å²) in [4.78, 5) is 31.2. The van der Waals surface area contributed by atoms with E-state index < -0.39 is 0 Å². The molecule has 35 heavy (non-hydrogen) atoms. The number of rotatable bonds is 3. The number of hydrogen-bond acceptors (Lipinski definition) is 3. The van der Waals surface area contributed by atoms with Crippen LogP contribution in [-0.2, 0) is 7.05 Å². The number of fused-ring (bicyclic) bond motifs is 2. The third-order valence-electron chi connectivity index (χ3n) is 7.08. The van der Waals surface area contributed by atoms with Crippen LogP contribution in [-0.4, -0.2) is 58.5 Å². The molecule has 1 atom stereocenters. The van der Waals surface area contributed by atoms with Crippen LogP contribution in [0.25, 0.3) is 10.9 Å². The van der Waals surface area contributed by atoms with E-state index in [-0.39, 0.29) is 23.8 Å². The molecule has 6 heteroatoms. The second-order valence-corrected chi connectivity index (χ2v) is 9.73. The van der Waals surface area contributed by atoms with Gasteiger partial charge < -0.3 is 19.1 Å². The third kappa shape index (κ3) is 5.21. The Bertz CT molecular complexity index is 1180. The van der Waals surface area contributed by atoms with Crippen LogP contribution in [0.1, 0.15) is 60.7 Å². The van der Waals surface area contributed by atoms with Gasteiger partial charge in [0.25, 0.3) is 11.8 Å². The van der Waals surface area contributed by atoms with Crippen molar-refractivity contribution in [2.45, 2.75) is 46.1 Å². The molecule has 0 saturated carbocycles. The smallest absolute Gasteiger partial charge is 0.257 e. The van der Waals surface area contributed by atoms with Gasteiger partial charge in [-0.1, -0.05) is 44.2 Å². The van der Waals surface area contributed by atoms with Crippen molar-refractivity contribution in [2.75, 3.05) is 26.2 Å². The Labute approximate surface area is 208 Å². The lowest BCUT2D eigenvalue weighted by molar-refractivity contribution is 0.0529. The van der Waals surface area contributed by atoms with Crippen LogP contribution in [0, 0.1) is 5.92 Å². The maximum absolute atomic E-state index is 14.0. The SMILES string of the molecule is CCN1CCCCCN(C(=O)c2cn(C)c3ccccc23)[C@@H](C(C)C)COc2ccccc2C1=O. The van der Waals surface area contributed by atoms with Crippen molar-refractivity contribution in [3.8, 4) is 5.75 Å². The summed E-state index contributed by atoms with van der Waals surface area (Å²) in [7, 11) is 1.98. The van der Waals surface area contributed by atoms with Crippen molar-refractivity contribution in [1.29, 1.82) is 0 Å². The Kier molecular flexibility index (Phi) is 7.79. The molecule has 0 aliphatic carbocycles. The van der Waals surface area contributed by atoms with Crippen LogP contribution in [0.5, 0.6) is 5.75 Å². The van der Waals surface area contributed by atoms with Crippen molar-refractivity contribution in [3.63, 3.8) is 0 Å². The molecule has 0 spiro atoms. The van der Waals surface area contributed by atoms with E-state index in [1.807, 2.05) is 83.1 Å². The Balaban J connectivity index is 1.70. The van der Waals surface area contributed by atoms with E-state index in [1.54, 1.807) is 0 Å². The molecular weight excluding hydrogens is 438 g/mol. The van der Waals surface area contributed by atoms with Crippen LogP contribution in [0.15, 0.2) is 54.7 Å². The van der Waals surface area contributed by atoms with Crippen LogP contribution in [0.2, 0.25) is 0 Å². The van der Waals surface area contributed by atoms with Gasteiger partial charge >= 0.3 is 0 Å². The van der Waals surface area contributed by atoms with Gasteiger partial charge in [-0.05, 0) is 50.3 Å². The molecule has 0 N–H and O–H groups in total. The molecule has 1 aromatic heterocycles. The molecule has 2 heterocycles. The highest BCUT2D eigenvalue weighted by atomic mass is 16.5. The average Bonchev–Trinajstić information content (AvgIpc) is 3.20. The molecule has 0 unspecified atom stereocenters. The fourth-order valence-electron chi connectivity index (χ4n) is 5.01. The molecule has 1 aliphatic heterocycles. The van der Waals surface area contributed by atoms with Crippen molar-refractivity contribution >= 4 is 22.7 Å². The second kappa shape index (κ2) is 11.0. The summed E-state index contributed by atoms with van der Waals surface area (Å²) >= 11 is 0. The van der Waals surface area contributed by atoms with E-state index in [4.69, 9.17) is 4.74 Å². The van der Waals surface area contributed by atoms with Crippen LogP contribution < -0.4 is 4.74 Å². The van der Waals surface area contributed by atoms with Gasteiger partial charge in [-0.2, -0.15) is 0 Å². The zero-order valence-electron chi connectivity index (χ0n) is 21.4. The number of nitrogens with zero attached hydrogens (tertiary/aromatic N) is 3. The Morgan fingerprint density at radius 3 is 2.51 bits per heavy atom. The largest absolute Gasteiger partial charge is 0.491 e. The monoisotopic (exact) mass is 475 g/mol. The topological polar surface area (TPSA) is 54.8 Å². The van der Waals surface area contributed by atoms with Gasteiger partial charge in [-0.25, -0.2) is 0 Å². The van der Waals surface area contributed by atoms with Gasteiger partial charge in [0.15, 0.2) is 0 Å². The lowest BCUT2D eigenvalue weighted by Gasteiger charge is -2.34. The first-order chi connectivity index (χ1) is 16.9. The minimum absolute atomic E-state index is 0.00660. The Morgan fingerprint density at radius 2 is 1.74 bits per heavy atom. The quantitative estimate of drug-likeness (QED) is 0.512. The predicted octanol–water partition coefficient (Wildman–Crippen LogP) is 5.37. The van der Waals surface area contributed by atoms with E-state index in [1.165, 1.54) is 0 Å². The highest BCUT2D eigenvalue weighted by Crippen LogP contribution is 2.27. The standard InChI is InChI=1S/C29H37N3O3/c1-5-31-17-11-6-12-18-32(29(34)24-19-30(4)25-15-9-7-13-22(24)25)26(21(2)3)20-35-27-16-10-8-14-23(27)28(31)33/h7-10,13-16,19,21,26H,5-6,11-12,17-18,20H2,1-4H3/t26-/m1/s1. The number of amides is 2. The summed E-state index contributed by atoms with van der Waals surface area (Å²) in [5, 5.41) is 0.973. The summed E-state index contributed by atoms with van der Waals surface area (Å²) in [6.45, 7) is 8.64. The normalized spacial score (nSPS) is 18.0. The second-order valence-electron chi connectivity index (χ2n) is 9.73. The molecule has 1 aliphatic rings. The first-order valence-electron chi connectivity index (χ1n) is 12.8. The molecule has 3 aromatic rings. The zero-order chi connectivity index (χ0) is 24.9. The van der Waals surface area contributed by atoms with Gasteiger partial charge in [0.1, 0.15) is 12.4 Å². The number of hydrogen-bond donors (Lipinski definition) is 0. The van der Waals surface area contributed by atoms with Crippen molar-refractivity contribution in [3.05, 3.63) is 65.9 Å². The molecule has 6 nitrogen and oxygen atoms in total. The maximum Gasteiger partial charge on any atom is 0.257 e. The molecule has 0 saturated heterocycles. The summed E-state index contributed by atoms with van der Waals surface area (Å²) in [6, 6.07) is 15.4. The van der Waals surface area contributed by atoms with E-state index >= 15 is 0 Å². The fraction of sp³-hybridized carbons (Fsp3) is 0.448. The third-order valence-corrected chi connectivity index (χ3v) is 7.08. The highest BCUT2D eigenvalue weighted by molar-refractivity contribution is 6.07. The number of benzene rings is 2. The number of aryl methyl sites for hydroxylation is 1. The van der Waals surface area contributed by atoms with E-state index in [0.29, 0.717) is 37.6 Å². The van der Waals surface area contributed by atoms with Crippen molar-refractivity contribution in [1.82, 2.24) is 14.4 Å².